The summed E-state index contributed by atoms with van der Waals surface area (Å²) in [6.45, 7) is 0. The predicted molar refractivity (Wildman–Crippen MR) is 67.5 cm³/mol. The molecule has 0 aromatic heterocycles. The molecule has 0 aliphatic rings. The van der Waals surface area contributed by atoms with E-state index in [1.54, 1.807) is 0 Å². The van der Waals surface area contributed by atoms with Gasteiger partial charge in [0, 0.05) is 6.07 Å². The molecule has 0 amide bonds. The van der Waals surface area contributed by atoms with Gasteiger partial charge in [-0.1, -0.05) is 17.7 Å². The number of nitro benzene ring substituents is 1. The van der Waals surface area contributed by atoms with Crippen molar-refractivity contribution in [1.29, 1.82) is 0 Å². The molecule has 0 heterocycles. The molecule has 0 bridgehead atoms. The molecule has 1 aromatic carbocycles. The van der Waals surface area contributed by atoms with Crippen LogP contribution in [0.3, 0.4) is 0 Å². The number of nitro groups is 1. The highest BCUT2D eigenvalue weighted by Gasteiger charge is 2.28. The average Bonchev–Trinajstić information content (AvgIpc) is 2.28. The van der Waals surface area contributed by atoms with E-state index < -0.39 is 17.1 Å². The van der Waals surface area contributed by atoms with Crippen molar-refractivity contribution in [1.82, 2.24) is 0 Å². The van der Waals surface area contributed by atoms with Gasteiger partial charge in [-0.25, -0.2) is 0 Å². The van der Waals surface area contributed by atoms with Crippen LogP contribution < -0.4 is 0 Å². The van der Waals surface area contributed by atoms with Crippen molar-refractivity contribution < 1.29 is 15.1 Å². The van der Waals surface area contributed by atoms with E-state index in [0.29, 0.717) is 5.75 Å². The molecule has 0 saturated heterocycles. The number of aliphatic hydroxyl groups is 2. The molecule has 17 heavy (non-hydrogen) atoms. The SMILES string of the molecule is O=[N+]([O-])c1cccc(Cl)c1C(O)C(O)CCS. The van der Waals surface area contributed by atoms with Crippen LogP contribution in [0.4, 0.5) is 5.69 Å². The van der Waals surface area contributed by atoms with E-state index in [4.69, 9.17) is 11.6 Å². The Balaban J connectivity index is 3.15. The van der Waals surface area contributed by atoms with Crippen molar-refractivity contribution in [3.63, 3.8) is 0 Å². The van der Waals surface area contributed by atoms with Crippen LogP contribution in [0.5, 0.6) is 0 Å². The van der Waals surface area contributed by atoms with Gasteiger partial charge in [-0.05, 0) is 18.2 Å². The largest absolute Gasteiger partial charge is 0.390 e. The molecule has 2 N–H and O–H groups in total. The summed E-state index contributed by atoms with van der Waals surface area (Å²) in [6.07, 6.45) is -2.31. The van der Waals surface area contributed by atoms with Crippen molar-refractivity contribution in [2.75, 3.05) is 5.75 Å². The normalized spacial score (nSPS) is 14.4. The molecule has 1 aromatic rings. The average molecular weight is 278 g/mol. The second-order valence-electron chi connectivity index (χ2n) is 3.45. The standard InChI is InChI=1S/C10H12ClNO4S/c11-6-2-1-3-7(12(15)16)9(6)10(14)8(13)4-5-17/h1-3,8,10,13-14,17H,4-5H2. The van der Waals surface area contributed by atoms with Gasteiger partial charge in [0.25, 0.3) is 5.69 Å². The first-order chi connectivity index (χ1) is 7.99. The van der Waals surface area contributed by atoms with Crippen LogP contribution >= 0.6 is 24.2 Å². The molecule has 0 fully saturated rings. The van der Waals surface area contributed by atoms with Crippen molar-refractivity contribution in [2.24, 2.45) is 0 Å². The van der Waals surface area contributed by atoms with Crippen molar-refractivity contribution in [3.05, 3.63) is 38.9 Å². The summed E-state index contributed by atoms with van der Waals surface area (Å²) in [5, 5.41) is 30.3. The molecule has 2 unspecified atom stereocenters. The summed E-state index contributed by atoms with van der Waals surface area (Å²) in [5.74, 6) is 0.358. The van der Waals surface area contributed by atoms with E-state index in [-0.39, 0.29) is 22.7 Å². The van der Waals surface area contributed by atoms with Gasteiger partial charge in [0.15, 0.2) is 0 Å². The second-order valence-corrected chi connectivity index (χ2v) is 4.31. The Morgan fingerprint density at radius 2 is 2.12 bits per heavy atom. The lowest BCUT2D eigenvalue weighted by Gasteiger charge is -2.18. The van der Waals surface area contributed by atoms with Crippen LogP contribution in [-0.4, -0.2) is 27.0 Å². The van der Waals surface area contributed by atoms with Gasteiger partial charge in [-0.15, -0.1) is 0 Å². The third-order valence-electron chi connectivity index (χ3n) is 2.31. The topological polar surface area (TPSA) is 83.6 Å². The Labute approximate surface area is 109 Å². The first-order valence-electron chi connectivity index (χ1n) is 4.88. The van der Waals surface area contributed by atoms with E-state index >= 15 is 0 Å². The third-order valence-corrected chi connectivity index (χ3v) is 2.90. The van der Waals surface area contributed by atoms with Crippen molar-refractivity contribution in [3.8, 4) is 0 Å². The summed E-state index contributed by atoms with van der Waals surface area (Å²) < 4.78 is 0. The monoisotopic (exact) mass is 277 g/mol. The Morgan fingerprint density at radius 1 is 1.47 bits per heavy atom. The highest BCUT2D eigenvalue weighted by atomic mass is 35.5. The Kier molecular flexibility index (Phi) is 5.20. The van der Waals surface area contributed by atoms with Gasteiger partial charge < -0.3 is 10.2 Å². The quantitative estimate of drug-likeness (QED) is 0.436. The smallest absolute Gasteiger partial charge is 0.276 e. The van der Waals surface area contributed by atoms with Crippen LogP contribution in [0.2, 0.25) is 5.02 Å². The fraction of sp³-hybridized carbons (Fsp3) is 0.400. The number of rotatable bonds is 5. The van der Waals surface area contributed by atoms with Gasteiger partial charge in [-0.3, -0.25) is 10.1 Å². The molecule has 1 rings (SSSR count). The molecule has 0 aliphatic carbocycles. The Bertz CT molecular complexity index is 415. The highest BCUT2D eigenvalue weighted by Crippen LogP contribution is 2.34. The predicted octanol–water partition coefficient (Wildman–Crippen LogP) is 1.96. The number of aliphatic hydroxyl groups excluding tert-OH is 2. The molecular formula is C10H12ClNO4S. The molecular weight excluding hydrogens is 266 g/mol. The number of benzene rings is 1. The van der Waals surface area contributed by atoms with Crippen LogP contribution in [0.25, 0.3) is 0 Å². The van der Waals surface area contributed by atoms with Crippen molar-refractivity contribution in [2.45, 2.75) is 18.6 Å². The minimum Gasteiger partial charge on any atom is -0.390 e. The summed E-state index contributed by atoms with van der Waals surface area (Å²) >= 11 is 9.74. The molecule has 0 saturated carbocycles. The number of hydrogen-bond donors (Lipinski definition) is 3. The maximum absolute atomic E-state index is 10.8. The third kappa shape index (κ3) is 3.32. The number of hydrogen-bond acceptors (Lipinski definition) is 5. The zero-order valence-electron chi connectivity index (χ0n) is 8.78. The number of nitrogens with zero attached hydrogens (tertiary/aromatic N) is 1. The van der Waals surface area contributed by atoms with Gasteiger partial charge in [0.05, 0.1) is 21.6 Å². The van der Waals surface area contributed by atoms with Crippen molar-refractivity contribution >= 4 is 29.9 Å². The van der Waals surface area contributed by atoms with Crippen LogP contribution in [-0.2, 0) is 0 Å². The van der Waals surface area contributed by atoms with Crippen LogP contribution in [0.1, 0.15) is 18.1 Å². The number of thiol groups is 1. The number of halogens is 1. The maximum atomic E-state index is 10.8. The molecule has 94 valence electrons. The minimum atomic E-state index is -1.39. The first kappa shape index (κ1) is 14.2. The molecule has 0 radical (unpaired) electrons. The lowest BCUT2D eigenvalue weighted by Crippen LogP contribution is -2.20. The van der Waals surface area contributed by atoms with Gasteiger partial charge >= 0.3 is 0 Å². The molecule has 0 spiro atoms. The zero-order chi connectivity index (χ0) is 13.0. The zero-order valence-corrected chi connectivity index (χ0v) is 10.4. The minimum absolute atomic E-state index is 0.0601. The lowest BCUT2D eigenvalue weighted by atomic mass is 10.0. The molecule has 2 atom stereocenters. The fourth-order valence-electron chi connectivity index (χ4n) is 1.46. The molecule has 7 heteroatoms. The Hall–Kier alpha value is -0.820. The van der Waals surface area contributed by atoms with Gasteiger partial charge in [0.1, 0.15) is 6.10 Å². The molecule has 0 aliphatic heterocycles. The van der Waals surface area contributed by atoms with E-state index in [1.807, 2.05) is 0 Å². The van der Waals surface area contributed by atoms with Crippen LogP contribution in [0.15, 0.2) is 18.2 Å². The summed E-state index contributed by atoms with van der Waals surface area (Å²) in [7, 11) is 0. The van der Waals surface area contributed by atoms with Gasteiger partial charge in [-0.2, -0.15) is 12.6 Å². The van der Waals surface area contributed by atoms with Crippen LogP contribution in [0, 0.1) is 10.1 Å². The molecule has 5 nitrogen and oxygen atoms in total. The maximum Gasteiger partial charge on any atom is 0.276 e. The summed E-state index contributed by atoms with van der Waals surface area (Å²) in [4.78, 5) is 10.2. The summed E-state index contributed by atoms with van der Waals surface area (Å²) in [5.41, 5.74) is -0.364. The van der Waals surface area contributed by atoms with E-state index in [9.17, 15) is 20.3 Å². The fourth-order valence-corrected chi connectivity index (χ4v) is 2.01. The highest BCUT2D eigenvalue weighted by molar-refractivity contribution is 7.80. The Morgan fingerprint density at radius 3 is 2.65 bits per heavy atom. The first-order valence-corrected chi connectivity index (χ1v) is 5.90. The van der Waals surface area contributed by atoms with E-state index in [1.165, 1.54) is 18.2 Å². The van der Waals surface area contributed by atoms with Gasteiger partial charge in [0.2, 0.25) is 0 Å². The summed E-state index contributed by atoms with van der Waals surface area (Å²) in [6, 6.07) is 4.08. The van der Waals surface area contributed by atoms with E-state index in [0.717, 1.165) is 0 Å². The second kappa shape index (κ2) is 6.20. The van der Waals surface area contributed by atoms with E-state index in [2.05, 4.69) is 12.6 Å². The lowest BCUT2D eigenvalue weighted by molar-refractivity contribution is -0.386.